The molecule has 0 fully saturated rings. The monoisotopic (exact) mass is 217 g/mol. The molecule has 0 heterocycles. The fourth-order valence-corrected chi connectivity index (χ4v) is 3.22. The molecule has 0 saturated heterocycles. The largest absolute Gasteiger partial charge is 0.340 e. The van der Waals surface area contributed by atoms with E-state index in [0.717, 1.165) is 0 Å². The van der Waals surface area contributed by atoms with Crippen LogP contribution in [0.2, 0.25) is 0 Å². The molecule has 1 radical (unpaired) electrons. The van der Waals surface area contributed by atoms with Crippen molar-refractivity contribution in [1.29, 1.82) is 0 Å². The molecule has 0 aliphatic heterocycles. The fraction of sp³-hybridized carbons (Fsp3) is 0.750. The zero-order chi connectivity index (χ0) is 9.99. The summed E-state index contributed by atoms with van der Waals surface area (Å²) < 4.78 is 21.1. The molecule has 0 bridgehead atoms. The molecule has 0 amide bonds. The van der Waals surface area contributed by atoms with Gasteiger partial charge in [-0.25, -0.2) is 0 Å². The first-order chi connectivity index (χ1) is 5.19. The summed E-state index contributed by atoms with van der Waals surface area (Å²) in [6.45, 7) is 1.47. The maximum absolute atomic E-state index is 10.6. The Labute approximate surface area is 69.9 Å². The lowest BCUT2D eigenvalue weighted by atomic mass is 10.4. The van der Waals surface area contributed by atoms with Crippen molar-refractivity contribution < 1.29 is 28.7 Å². The van der Waals surface area contributed by atoms with Gasteiger partial charge in [-0.3, -0.25) is 9.13 Å². The zero-order valence-corrected chi connectivity index (χ0v) is 8.15. The normalized spacial score (nSPS) is 13.8. The summed E-state index contributed by atoms with van der Waals surface area (Å²) >= 11 is 0. The minimum Gasteiger partial charge on any atom is -0.324 e. The molecule has 8 heteroatoms. The highest BCUT2D eigenvalue weighted by atomic mass is 31.2. The standard InChI is InChI=1S/C4H11O6P2/c1-2-3-4(11(5,6)7)12(8,9)10/h2,4H,3H2,1H3,(H2,5,6,7)(H2,8,9,10). The predicted molar refractivity (Wildman–Crippen MR) is 42.5 cm³/mol. The lowest BCUT2D eigenvalue weighted by Crippen LogP contribution is -2.08. The van der Waals surface area contributed by atoms with Crippen LogP contribution in [-0.2, 0) is 9.13 Å². The maximum atomic E-state index is 10.6. The van der Waals surface area contributed by atoms with Crippen LogP contribution in [0.5, 0.6) is 0 Å². The zero-order valence-electron chi connectivity index (χ0n) is 6.36. The van der Waals surface area contributed by atoms with E-state index in [9.17, 15) is 9.13 Å². The summed E-state index contributed by atoms with van der Waals surface area (Å²) in [6.07, 6.45) is 1.01. The number of hydrogen-bond acceptors (Lipinski definition) is 2. The summed E-state index contributed by atoms with van der Waals surface area (Å²) in [5.74, 6) is 0. The van der Waals surface area contributed by atoms with Gasteiger partial charge in [0.25, 0.3) is 0 Å². The van der Waals surface area contributed by atoms with Gasteiger partial charge in [0, 0.05) is 0 Å². The molecular formula is C4H11O6P2. The molecule has 0 spiro atoms. The molecule has 6 nitrogen and oxygen atoms in total. The summed E-state index contributed by atoms with van der Waals surface area (Å²) in [5, 5.41) is -1.89. The second-order valence-corrected chi connectivity index (χ2v) is 6.31. The lowest BCUT2D eigenvalue weighted by molar-refractivity contribution is 0.338. The molecule has 0 aromatic rings. The molecule has 0 rings (SSSR count). The van der Waals surface area contributed by atoms with E-state index in [1.54, 1.807) is 0 Å². The first-order valence-corrected chi connectivity index (χ1v) is 6.44. The molecule has 0 unspecified atom stereocenters. The lowest BCUT2D eigenvalue weighted by Gasteiger charge is -2.18. The van der Waals surface area contributed by atoms with Gasteiger partial charge in [0.2, 0.25) is 0 Å². The first kappa shape index (κ1) is 12.3. The van der Waals surface area contributed by atoms with Crippen LogP contribution in [0.15, 0.2) is 0 Å². The molecule has 0 aliphatic rings. The van der Waals surface area contributed by atoms with Gasteiger partial charge in [0.1, 0.15) is 0 Å². The Morgan fingerprint density at radius 3 is 1.58 bits per heavy atom. The van der Waals surface area contributed by atoms with Crippen molar-refractivity contribution in [3.05, 3.63) is 6.42 Å². The minimum atomic E-state index is -4.71. The van der Waals surface area contributed by atoms with E-state index >= 15 is 0 Å². The van der Waals surface area contributed by atoms with Crippen LogP contribution in [0.1, 0.15) is 13.3 Å². The quantitative estimate of drug-likeness (QED) is 0.503. The Balaban J connectivity index is 4.70. The van der Waals surface area contributed by atoms with Gasteiger partial charge in [-0.2, -0.15) is 0 Å². The van der Waals surface area contributed by atoms with Gasteiger partial charge in [-0.15, -0.1) is 0 Å². The second kappa shape index (κ2) is 4.01. The van der Waals surface area contributed by atoms with E-state index in [1.807, 2.05) is 0 Å². The van der Waals surface area contributed by atoms with E-state index in [2.05, 4.69) is 0 Å². The Kier molecular flexibility index (Phi) is 4.11. The second-order valence-electron chi connectivity index (χ2n) is 2.30. The van der Waals surface area contributed by atoms with Gasteiger partial charge in [0.15, 0.2) is 5.40 Å². The van der Waals surface area contributed by atoms with Crippen molar-refractivity contribution in [1.82, 2.24) is 0 Å². The van der Waals surface area contributed by atoms with E-state index in [-0.39, 0.29) is 6.42 Å². The van der Waals surface area contributed by atoms with Crippen molar-refractivity contribution >= 4 is 15.2 Å². The average Bonchev–Trinajstić information content (AvgIpc) is 1.77. The third-order valence-electron chi connectivity index (χ3n) is 1.22. The third-order valence-corrected chi connectivity index (χ3v) is 5.00. The predicted octanol–water partition coefficient (Wildman–Crippen LogP) is 0.282. The molecular weight excluding hydrogens is 206 g/mol. The molecule has 12 heavy (non-hydrogen) atoms. The van der Waals surface area contributed by atoms with E-state index in [0.29, 0.717) is 0 Å². The SMILES string of the molecule is C[CH]CC(P(=O)(O)O)P(=O)(O)O. The average molecular weight is 217 g/mol. The van der Waals surface area contributed by atoms with E-state index < -0.39 is 20.6 Å². The van der Waals surface area contributed by atoms with Crippen LogP contribution in [0.3, 0.4) is 0 Å². The number of hydrogen-bond donors (Lipinski definition) is 4. The van der Waals surface area contributed by atoms with Gasteiger partial charge in [-0.05, 0) is 12.8 Å². The van der Waals surface area contributed by atoms with E-state index in [4.69, 9.17) is 19.6 Å². The van der Waals surface area contributed by atoms with Crippen LogP contribution in [0.4, 0.5) is 0 Å². The van der Waals surface area contributed by atoms with Gasteiger partial charge < -0.3 is 19.6 Å². The molecule has 0 atom stereocenters. The Bertz CT molecular complexity index is 204. The van der Waals surface area contributed by atoms with Gasteiger partial charge >= 0.3 is 15.2 Å². The number of rotatable bonds is 4. The van der Waals surface area contributed by atoms with Crippen LogP contribution in [-0.4, -0.2) is 25.0 Å². The highest BCUT2D eigenvalue weighted by Gasteiger charge is 2.42. The Morgan fingerprint density at radius 1 is 1.17 bits per heavy atom. The van der Waals surface area contributed by atoms with Gasteiger partial charge in [0.05, 0.1) is 0 Å². The molecule has 0 saturated carbocycles. The molecule has 4 N–H and O–H groups in total. The van der Waals surface area contributed by atoms with Crippen LogP contribution < -0.4 is 0 Å². The van der Waals surface area contributed by atoms with Crippen molar-refractivity contribution in [2.45, 2.75) is 18.7 Å². The summed E-state index contributed by atoms with van der Waals surface area (Å²) in [5.41, 5.74) is 0. The van der Waals surface area contributed by atoms with Gasteiger partial charge in [-0.1, -0.05) is 6.92 Å². The van der Waals surface area contributed by atoms with Crippen molar-refractivity contribution in [3.63, 3.8) is 0 Å². The van der Waals surface area contributed by atoms with Crippen LogP contribution in [0.25, 0.3) is 0 Å². The molecule has 0 aromatic heterocycles. The van der Waals surface area contributed by atoms with Crippen LogP contribution in [0, 0.1) is 6.42 Å². The highest BCUT2D eigenvalue weighted by molar-refractivity contribution is 7.70. The van der Waals surface area contributed by atoms with E-state index in [1.165, 1.54) is 13.3 Å². The Hall–Kier alpha value is 0.300. The summed E-state index contributed by atoms with van der Waals surface area (Å²) in [7, 11) is -9.42. The maximum Gasteiger partial charge on any atom is 0.340 e. The molecule has 73 valence electrons. The smallest absolute Gasteiger partial charge is 0.324 e. The van der Waals surface area contributed by atoms with Crippen LogP contribution >= 0.6 is 15.2 Å². The van der Waals surface area contributed by atoms with Crippen molar-refractivity contribution in [2.75, 3.05) is 0 Å². The molecule has 0 aliphatic carbocycles. The Morgan fingerprint density at radius 2 is 1.50 bits per heavy atom. The van der Waals surface area contributed by atoms with Crippen molar-refractivity contribution in [2.24, 2.45) is 0 Å². The summed E-state index contributed by atoms with van der Waals surface area (Å²) in [4.78, 5) is 34.2. The topological polar surface area (TPSA) is 115 Å². The molecule has 0 aromatic carbocycles. The first-order valence-electron chi connectivity index (χ1n) is 3.08. The fourth-order valence-electron chi connectivity index (χ4n) is 0.681. The minimum absolute atomic E-state index is 0.297. The highest BCUT2D eigenvalue weighted by Crippen LogP contribution is 2.61. The summed E-state index contributed by atoms with van der Waals surface area (Å²) in [6, 6.07) is 0. The van der Waals surface area contributed by atoms with Crippen molar-refractivity contribution in [3.8, 4) is 0 Å². The third kappa shape index (κ3) is 3.81.